The highest BCUT2D eigenvalue weighted by molar-refractivity contribution is 5.33. The Balaban J connectivity index is 1.79. The molecule has 2 aliphatic heterocycles. The Bertz CT molecular complexity index is 429. The van der Waals surface area contributed by atoms with E-state index in [1.807, 2.05) is 12.1 Å². The summed E-state index contributed by atoms with van der Waals surface area (Å²) in [5.74, 6) is 0.705. The van der Waals surface area contributed by atoms with E-state index in [0.29, 0.717) is 5.92 Å². The molecule has 0 aromatic heterocycles. The third-order valence-corrected chi connectivity index (χ3v) is 4.61. The first-order valence-electron chi connectivity index (χ1n) is 6.50. The van der Waals surface area contributed by atoms with E-state index >= 15 is 0 Å². The molecule has 2 saturated heterocycles. The molecular weight excluding hydrogens is 208 g/mol. The van der Waals surface area contributed by atoms with Gasteiger partial charge in [0, 0.05) is 12.1 Å². The number of nitrogens with zero attached hydrogens (tertiary/aromatic N) is 2. The summed E-state index contributed by atoms with van der Waals surface area (Å²) in [5.41, 5.74) is 2.19. The average molecular weight is 226 g/mol. The standard InChI is InChI=1S/C15H18N2/c1-17-14-6-7-15(17)9-13(8-14)12-4-2-11(10-16)3-5-12/h2-5,13-15H,6-9H2,1H3/t13?,14-,15+. The number of rotatable bonds is 1. The zero-order valence-corrected chi connectivity index (χ0v) is 10.3. The maximum atomic E-state index is 8.81. The normalized spacial score (nSPS) is 32.4. The van der Waals surface area contributed by atoms with Gasteiger partial charge >= 0.3 is 0 Å². The third kappa shape index (κ3) is 1.85. The van der Waals surface area contributed by atoms with Crippen LogP contribution in [0.1, 0.15) is 42.7 Å². The molecule has 3 atom stereocenters. The molecule has 0 saturated carbocycles. The van der Waals surface area contributed by atoms with Crippen LogP contribution >= 0.6 is 0 Å². The van der Waals surface area contributed by atoms with Gasteiger partial charge in [0.2, 0.25) is 0 Å². The maximum Gasteiger partial charge on any atom is 0.0991 e. The highest BCUT2D eigenvalue weighted by atomic mass is 15.2. The maximum absolute atomic E-state index is 8.81. The minimum atomic E-state index is 0.705. The largest absolute Gasteiger partial charge is 0.300 e. The van der Waals surface area contributed by atoms with Crippen molar-refractivity contribution in [1.82, 2.24) is 4.90 Å². The van der Waals surface area contributed by atoms with Crippen molar-refractivity contribution in [3.63, 3.8) is 0 Å². The second-order valence-corrected chi connectivity index (χ2v) is 5.45. The SMILES string of the molecule is CN1[C@@H]2CC[C@H]1CC(c1ccc(C#N)cc1)C2. The van der Waals surface area contributed by atoms with E-state index in [1.54, 1.807) is 0 Å². The number of hydrogen-bond donors (Lipinski definition) is 0. The molecule has 0 amide bonds. The lowest BCUT2D eigenvalue weighted by molar-refractivity contribution is 0.161. The Morgan fingerprint density at radius 3 is 2.24 bits per heavy atom. The molecule has 0 spiro atoms. The molecule has 1 aromatic carbocycles. The van der Waals surface area contributed by atoms with Crippen molar-refractivity contribution in [2.24, 2.45) is 0 Å². The number of benzene rings is 1. The molecule has 2 bridgehead atoms. The van der Waals surface area contributed by atoms with E-state index in [0.717, 1.165) is 17.6 Å². The minimum absolute atomic E-state index is 0.705. The van der Waals surface area contributed by atoms with Crippen LogP contribution in [0.4, 0.5) is 0 Å². The first kappa shape index (κ1) is 10.8. The lowest BCUT2D eigenvalue weighted by Gasteiger charge is -2.36. The Labute approximate surface area is 103 Å². The Hall–Kier alpha value is -1.33. The number of piperidine rings is 1. The topological polar surface area (TPSA) is 27.0 Å². The molecule has 88 valence electrons. The van der Waals surface area contributed by atoms with Crippen LogP contribution in [-0.2, 0) is 0 Å². The van der Waals surface area contributed by atoms with Crippen LogP contribution in [0.5, 0.6) is 0 Å². The van der Waals surface area contributed by atoms with Gasteiger partial charge in [0.25, 0.3) is 0 Å². The Morgan fingerprint density at radius 2 is 1.71 bits per heavy atom. The summed E-state index contributed by atoms with van der Waals surface area (Å²) in [6.45, 7) is 0. The van der Waals surface area contributed by atoms with Crippen molar-refractivity contribution in [2.45, 2.75) is 43.7 Å². The van der Waals surface area contributed by atoms with Gasteiger partial charge in [-0.25, -0.2) is 0 Å². The molecular formula is C15H18N2. The number of hydrogen-bond acceptors (Lipinski definition) is 2. The summed E-state index contributed by atoms with van der Waals surface area (Å²) < 4.78 is 0. The first-order valence-corrected chi connectivity index (χ1v) is 6.50. The van der Waals surface area contributed by atoms with Gasteiger partial charge in [-0.1, -0.05) is 12.1 Å². The summed E-state index contributed by atoms with van der Waals surface area (Å²) in [6, 6.07) is 12.0. The number of fused-ring (bicyclic) bond motifs is 2. The fraction of sp³-hybridized carbons (Fsp3) is 0.533. The molecule has 3 rings (SSSR count). The van der Waals surface area contributed by atoms with Crippen molar-refractivity contribution < 1.29 is 0 Å². The average Bonchev–Trinajstić information content (AvgIpc) is 2.61. The molecule has 2 nitrogen and oxygen atoms in total. The van der Waals surface area contributed by atoms with Crippen molar-refractivity contribution in [3.8, 4) is 6.07 Å². The van der Waals surface area contributed by atoms with Crippen LogP contribution in [0.15, 0.2) is 24.3 Å². The van der Waals surface area contributed by atoms with E-state index < -0.39 is 0 Å². The summed E-state index contributed by atoms with van der Waals surface area (Å²) in [4.78, 5) is 2.57. The smallest absolute Gasteiger partial charge is 0.0991 e. The predicted molar refractivity (Wildman–Crippen MR) is 67.7 cm³/mol. The molecule has 1 aromatic rings. The Kier molecular flexibility index (Phi) is 2.64. The molecule has 2 heteroatoms. The van der Waals surface area contributed by atoms with E-state index in [9.17, 15) is 0 Å². The van der Waals surface area contributed by atoms with Gasteiger partial charge in [0.05, 0.1) is 11.6 Å². The highest BCUT2D eigenvalue weighted by Gasteiger charge is 2.38. The summed E-state index contributed by atoms with van der Waals surface area (Å²) in [6.07, 6.45) is 5.32. The van der Waals surface area contributed by atoms with Gasteiger partial charge in [-0.05, 0) is 56.3 Å². The zero-order valence-electron chi connectivity index (χ0n) is 10.3. The van der Waals surface area contributed by atoms with Crippen LogP contribution in [0.25, 0.3) is 0 Å². The predicted octanol–water partition coefficient (Wildman–Crippen LogP) is 2.90. The molecule has 2 aliphatic rings. The lowest BCUT2D eigenvalue weighted by atomic mass is 9.85. The van der Waals surface area contributed by atoms with E-state index in [-0.39, 0.29) is 0 Å². The Morgan fingerprint density at radius 1 is 1.12 bits per heavy atom. The van der Waals surface area contributed by atoms with Crippen LogP contribution < -0.4 is 0 Å². The molecule has 0 radical (unpaired) electrons. The van der Waals surface area contributed by atoms with Gasteiger partial charge < -0.3 is 4.90 Å². The summed E-state index contributed by atoms with van der Waals surface area (Å²) in [7, 11) is 2.28. The van der Waals surface area contributed by atoms with Gasteiger partial charge in [0.15, 0.2) is 0 Å². The van der Waals surface area contributed by atoms with Crippen LogP contribution in [-0.4, -0.2) is 24.0 Å². The van der Waals surface area contributed by atoms with E-state index in [2.05, 4.69) is 30.1 Å². The van der Waals surface area contributed by atoms with Crippen molar-refractivity contribution in [2.75, 3.05) is 7.05 Å². The van der Waals surface area contributed by atoms with Gasteiger partial charge in [0.1, 0.15) is 0 Å². The van der Waals surface area contributed by atoms with Gasteiger partial charge in [-0.15, -0.1) is 0 Å². The summed E-state index contributed by atoms with van der Waals surface area (Å²) in [5, 5.41) is 8.81. The molecule has 0 N–H and O–H groups in total. The highest BCUT2D eigenvalue weighted by Crippen LogP contribution is 2.41. The second kappa shape index (κ2) is 4.16. The molecule has 0 aliphatic carbocycles. The molecule has 17 heavy (non-hydrogen) atoms. The van der Waals surface area contributed by atoms with E-state index in [4.69, 9.17) is 5.26 Å². The van der Waals surface area contributed by atoms with Crippen molar-refractivity contribution in [3.05, 3.63) is 35.4 Å². The number of nitriles is 1. The van der Waals surface area contributed by atoms with Crippen molar-refractivity contribution >= 4 is 0 Å². The van der Waals surface area contributed by atoms with Gasteiger partial charge in [-0.2, -0.15) is 5.26 Å². The second-order valence-electron chi connectivity index (χ2n) is 5.45. The monoisotopic (exact) mass is 226 g/mol. The third-order valence-electron chi connectivity index (χ3n) is 4.61. The van der Waals surface area contributed by atoms with Crippen LogP contribution in [0.3, 0.4) is 0 Å². The van der Waals surface area contributed by atoms with Crippen molar-refractivity contribution in [1.29, 1.82) is 5.26 Å². The van der Waals surface area contributed by atoms with Crippen LogP contribution in [0.2, 0.25) is 0 Å². The molecule has 2 fully saturated rings. The first-order chi connectivity index (χ1) is 8.28. The fourth-order valence-electron chi connectivity index (χ4n) is 3.51. The minimum Gasteiger partial charge on any atom is -0.300 e. The quantitative estimate of drug-likeness (QED) is 0.736. The molecule has 1 unspecified atom stereocenters. The zero-order chi connectivity index (χ0) is 11.8. The van der Waals surface area contributed by atoms with E-state index in [1.165, 1.54) is 31.2 Å². The fourth-order valence-corrected chi connectivity index (χ4v) is 3.51. The summed E-state index contributed by atoms with van der Waals surface area (Å²) >= 11 is 0. The lowest BCUT2D eigenvalue weighted by Crippen LogP contribution is -2.39. The molecule has 2 heterocycles. The van der Waals surface area contributed by atoms with Crippen LogP contribution in [0, 0.1) is 11.3 Å². The van der Waals surface area contributed by atoms with Gasteiger partial charge in [-0.3, -0.25) is 0 Å².